The van der Waals surface area contributed by atoms with Gasteiger partial charge in [0.15, 0.2) is 0 Å². The number of nitrogens with one attached hydrogen (secondary N) is 1. The van der Waals surface area contributed by atoms with E-state index in [2.05, 4.69) is 22.7 Å². The molecule has 17 heavy (non-hydrogen) atoms. The Morgan fingerprint density at radius 3 is 2.65 bits per heavy atom. The Bertz CT molecular complexity index is 339. The minimum Gasteiger partial charge on any atom is -0.309 e. The van der Waals surface area contributed by atoms with E-state index in [0.29, 0.717) is 0 Å². The summed E-state index contributed by atoms with van der Waals surface area (Å²) in [5, 5.41) is 3.78. The molecule has 0 aliphatic heterocycles. The van der Waals surface area contributed by atoms with Crippen molar-refractivity contribution in [1.82, 2.24) is 5.32 Å². The summed E-state index contributed by atoms with van der Waals surface area (Å²) in [5.74, 6) is 0. The molecule has 1 saturated carbocycles. The van der Waals surface area contributed by atoms with E-state index in [1.807, 2.05) is 0 Å². The van der Waals surface area contributed by atoms with Crippen LogP contribution in [0.3, 0.4) is 0 Å². The van der Waals surface area contributed by atoms with E-state index in [4.69, 9.17) is 0 Å². The summed E-state index contributed by atoms with van der Waals surface area (Å²) in [6.45, 7) is 1.11. The second kappa shape index (κ2) is 5.53. The number of aryl methyl sites for hydroxylation is 2. The van der Waals surface area contributed by atoms with Gasteiger partial charge in [-0.15, -0.1) is 11.3 Å². The summed E-state index contributed by atoms with van der Waals surface area (Å²) in [5.41, 5.74) is 1.65. The summed E-state index contributed by atoms with van der Waals surface area (Å²) < 4.78 is 0. The van der Waals surface area contributed by atoms with E-state index in [1.54, 1.807) is 15.3 Å². The second-order valence-electron chi connectivity index (χ2n) is 5.58. The second-order valence-corrected chi connectivity index (χ2v) is 6.81. The first-order valence-corrected chi connectivity index (χ1v) is 8.07. The Labute approximate surface area is 109 Å². The van der Waals surface area contributed by atoms with Gasteiger partial charge >= 0.3 is 0 Å². The van der Waals surface area contributed by atoms with Gasteiger partial charge in [0.25, 0.3) is 0 Å². The maximum absolute atomic E-state index is 3.78. The third-order valence-electron chi connectivity index (χ3n) is 4.22. The fourth-order valence-corrected chi connectivity index (χ4v) is 4.42. The van der Waals surface area contributed by atoms with Gasteiger partial charge in [0, 0.05) is 22.3 Å². The highest BCUT2D eigenvalue weighted by Gasteiger charge is 2.16. The van der Waals surface area contributed by atoms with Crippen molar-refractivity contribution in [3.8, 4) is 0 Å². The molecule has 1 nitrogen and oxygen atoms in total. The molecule has 0 atom stereocenters. The van der Waals surface area contributed by atoms with E-state index in [9.17, 15) is 0 Å². The molecule has 0 amide bonds. The lowest BCUT2D eigenvalue weighted by Crippen LogP contribution is -2.27. The van der Waals surface area contributed by atoms with Gasteiger partial charge in [-0.25, -0.2) is 0 Å². The van der Waals surface area contributed by atoms with Crippen molar-refractivity contribution in [3.05, 3.63) is 21.4 Å². The fourth-order valence-electron chi connectivity index (χ4n) is 3.21. The maximum Gasteiger partial charge on any atom is 0.0302 e. The first kappa shape index (κ1) is 11.7. The molecule has 0 aromatic carbocycles. The molecule has 1 aromatic rings. The lowest BCUT2D eigenvalue weighted by atomic mass is 10.1. The van der Waals surface area contributed by atoms with Crippen molar-refractivity contribution in [3.63, 3.8) is 0 Å². The molecule has 1 N–H and O–H groups in total. The summed E-state index contributed by atoms with van der Waals surface area (Å²) in [6.07, 6.45) is 12.6. The molecular weight excluding hydrogens is 226 g/mol. The van der Waals surface area contributed by atoms with Crippen LogP contribution < -0.4 is 5.32 Å². The zero-order chi connectivity index (χ0) is 11.5. The number of fused-ring (bicyclic) bond motifs is 1. The van der Waals surface area contributed by atoms with Gasteiger partial charge in [-0.1, -0.05) is 25.7 Å². The van der Waals surface area contributed by atoms with Gasteiger partial charge < -0.3 is 5.32 Å². The summed E-state index contributed by atoms with van der Waals surface area (Å²) in [7, 11) is 0. The molecular formula is C15H23NS. The molecule has 0 saturated heterocycles. The van der Waals surface area contributed by atoms with E-state index in [0.717, 1.165) is 12.6 Å². The molecule has 1 heterocycles. The molecule has 3 rings (SSSR count). The van der Waals surface area contributed by atoms with E-state index >= 15 is 0 Å². The van der Waals surface area contributed by atoms with Gasteiger partial charge in [-0.2, -0.15) is 0 Å². The minimum atomic E-state index is 0.787. The van der Waals surface area contributed by atoms with Crippen LogP contribution in [-0.4, -0.2) is 6.04 Å². The van der Waals surface area contributed by atoms with Crippen LogP contribution in [0.2, 0.25) is 0 Å². The Morgan fingerprint density at radius 1 is 1.06 bits per heavy atom. The Balaban J connectivity index is 1.52. The molecule has 0 bridgehead atoms. The van der Waals surface area contributed by atoms with Crippen molar-refractivity contribution < 1.29 is 0 Å². The molecule has 1 fully saturated rings. The topological polar surface area (TPSA) is 12.0 Å². The van der Waals surface area contributed by atoms with Crippen LogP contribution in [0.15, 0.2) is 6.07 Å². The highest BCUT2D eigenvalue weighted by atomic mass is 32.1. The lowest BCUT2D eigenvalue weighted by Gasteiger charge is -2.15. The van der Waals surface area contributed by atoms with Gasteiger partial charge in [0.05, 0.1) is 0 Å². The number of hydrogen-bond acceptors (Lipinski definition) is 2. The molecule has 2 heteroatoms. The van der Waals surface area contributed by atoms with Crippen LogP contribution in [0.5, 0.6) is 0 Å². The van der Waals surface area contributed by atoms with Crippen LogP contribution in [0.4, 0.5) is 0 Å². The Hall–Kier alpha value is -0.340. The van der Waals surface area contributed by atoms with E-state index in [1.165, 1.54) is 57.8 Å². The molecule has 0 unspecified atom stereocenters. The third-order valence-corrected chi connectivity index (χ3v) is 5.45. The molecule has 94 valence electrons. The fraction of sp³-hybridized carbons (Fsp3) is 0.733. The van der Waals surface area contributed by atoms with Gasteiger partial charge in [0.1, 0.15) is 0 Å². The van der Waals surface area contributed by atoms with Crippen molar-refractivity contribution >= 4 is 11.3 Å². The maximum atomic E-state index is 3.78. The normalized spacial score (nSPS) is 21.4. The first-order chi connectivity index (χ1) is 8.42. The van der Waals surface area contributed by atoms with Crippen molar-refractivity contribution in [2.45, 2.75) is 70.4 Å². The zero-order valence-electron chi connectivity index (χ0n) is 10.6. The molecule has 2 aliphatic rings. The SMILES string of the molecule is c1c(CNC2CCCCCC2)sc2c1CCC2. The van der Waals surface area contributed by atoms with Crippen LogP contribution >= 0.6 is 11.3 Å². The van der Waals surface area contributed by atoms with Gasteiger partial charge in [-0.3, -0.25) is 0 Å². The average molecular weight is 249 g/mol. The largest absolute Gasteiger partial charge is 0.309 e. The van der Waals surface area contributed by atoms with E-state index < -0.39 is 0 Å². The number of hydrogen-bond donors (Lipinski definition) is 1. The molecule has 0 spiro atoms. The first-order valence-electron chi connectivity index (χ1n) is 7.25. The van der Waals surface area contributed by atoms with Crippen LogP contribution in [-0.2, 0) is 19.4 Å². The summed E-state index contributed by atoms with van der Waals surface area (Å²) >= 11 is 2.05. The minimum absolute atomic E-state index is 0.787. The lowest BCUT2D eigenvalue weighted by molar-refractivity contribution is 0.461. The van der Waals surface area contributed by atoms with Crippen LogP contribution in [0.1, 0.15) is 60.3 Å². The molecule has 1 aromatic heterocycles. The standard InChI is InChI=1S/C15H23NS/c1-2-4-8-13(7-3-1)16-11-14-10-12-6-5-9-15(12)17-14/h10,13,16H,1-9,11H2. The number of thiophene rings is 1. The van der Waals surface area contributed by atoms with Crippen LogP contribution in [0, 0.1) is 0 Å². The van der Waals surface area contributed by atoms with E-state index in [-0.39, 0.29) is 0 Å². The smallest absolute Gasteiger partial charge is 0.0302 e. The summed E-state index contributed by atoms with van der Waals surface area (Å²) in [4.78, 5) is 3.24. The third kappa shape index (κ3) is 2.92. The number of rotatable bonds is 3. The zero-order valence-corrected chi connectivity index (χ0v) is 11.5. The molecule has 2 aliphatic carbocycles. The van der Waals surface area contributed by atoms with Gasteiger partial charge in [0.2, 0.25) is 0 Å². The monoisotopic (exact) mass is 249 g/mol. The Morgan fingerprint density at radius 2 is 1.88 bits per heavy atom. The Kier molecular flexibility index (Phi) is 3.82. The van der Waals surface area contributed by atoms with Crippen molar-refractivity contribution in [2.24, 2.45) is 0 Å². The average Bonchev–Trinajstić information content (AvgIpc) is 2.79. The highest BCUT2D eigenvalue weighted by Crippen LogP contribution is 2.30. The van der Waals surface area contributed by atoms with Crippen LogP contribution in [0.25, 0.3) is 0 Å². The quantitative estimate of drug-likeness (QED) is 0.797. The van der Waals surface area contributed by atoms with Gasteiger partial charge in [-0.05, 0) is 43.7 Å². The predicted molar refractivity (Wildman–Crippen MR) is 74.7 cm³/mol. The highest BCUT2D eigenvalue weighted by molar-refractivity contribution is 7.12. The predicted octanol–water partition coefficient (Wildman–Crippen LogP) is 4.05. The van der Waals surface area contributed by atoms with Crippen molar-refractivity contribution in [2.75, 3.05) is 0 Å². The summed E-state index contributed by atoms with van der Waals surface area (Å²) in [6, 6.07) is 3.24. The van der Waals surface area contributed by atoms with Crippen molar-refractivity contribution in [1.29, 1.82) is 0 Å². The molecule has 0 radical (unpaired) electrons.